The van der Waals surface area contributed by atoms with Crippen molar-refractivity contribution in [2.24, 2.45) is 22.9 Å². The molecule has 6 atom stereocenters. The van der Waals surface area contributed by atoms with Crippen molar-refractivity contribution in [3.8, 4) is 0 Å². The Bertz CT molecular complexity index is 1170. The summed E-state index contributed by atoms with van der Waals surface area (Å²) in [6.07, 6.45) is -0.326. The van der Waals surface area contributed by atoms with E-state index < -0.39 is 59.6 Å². The number of aliphatic hydroxyl groups excluding tert-OH is 1. The zero-order valence-corrected chi connectivity index (χ0v) is 26.8. The molecule has 1 aromatic carbocycles. The summed E-state index contributed by atoms with van der Waals surface area (Å²) in [5.74, 6) is -2.37. The molecule has 244 valence electrons. The van der Waals surface area contributed by atoms with Crippen molar-refractivity contribution in [1.29, 1.82) is 0 Å². The first-order valence-corrected chi connectivity index (χ1v) is 15.1. The maximum atomic E-state index is 13.6. The molecular weight excluding hydrogens is 568 g/mol. The molecule has 0 saturated carbocycles. The van der Waals surface area contributed by atoms with Crippen molar-refractivity contribution >= 4 is 23.7 Å². The Kier molecular flexibility index (Phi) is 14.1. The van der Waals surface area contributed by atoms with Crippen LogP contribution in [0.4, 0.5) is 0 Å². The van der Waals surface area contributed by atoms with Gasteiger partial charge in [-0.25, -0.2) is 4.79 Å². The third-order valence-electron chi connectivity index (χ3n) is 7.34. The number of carbonyl (C=O) groups is 4. The summed E-state index contributed by atoms with van der Waals surface area (Å²) < 4.78 is 10.1. The second-order valence-corrected chi connectivity index (χ2v) is 12.7. The molecule has 13 heteroatoms. The van der Waals surface area contributed by atoms with Gasteiger partial charge in [-0.05, 0) is 54.5 Å². The Morgan fingerprint density at radius 3 is 1.86 bits per heavy atom. The summed E-state index contributed by atoms with van der Waals surface area (Å²) >= 11 is 0. The molecule has 1 fully saturated rings. The normalized spacial score (nSPS) is 19.2. The number of carbonyl (C=O) groups excluding carboxylic acids is 4. The van der Waals surface area contributed by atoms with Crippen molar-refractivity contribution in [2.75, 3.05) is 13.7 Å². The molecule has 13 nitrogen and oxygen atoms in total. The van der Waals surface area contributed by atoms with E-state index in [1.165, 1.54) is 7.11 Å². The van der Waals surface area contributed by atoms with Gasteiger partial charge in [0.05, 0.1) is 19.8 Å². The fourth-order valence-electron chi connectivity index (χ4n) is 5.07. The summed E-state index contributed by atoms with van der Waals surface area (Å²) in [4.78, 5) is 55.6. The van der Waals surface area contributed by atoms with E-state index in [0.29, 0.717) is 6.42 Å². The topological polar surface area (TPSA) is 195 Å². The lowest BCUT2D eigenvalue weighted by Gasteiger charge is -2.31. The molecule has 2 rings (SSSR count). The summed E-state index contributed by atoms with van der Waals surface area (Å²) in [7, 11) is 1.20. The van der Waals surface area contributed by atoms with Gasteiger partial charge in [-0.1, -0.05) is 77.0 Å². The Morgan fingerprint density at radius 2 is 1.41 bits per heavy atom. The van der Waals surface area contributed by atoms with Crippen molar-refractivity contribution < 1.29 is 33.8 Å². The minimum Gasteiger partial charge on any atom is -0.467 e. The van der Waals surface area contributed by atoms with Crippen LogP contribution in [0.5, 0.6) is 0 Å². The zero-order valence-electron chi connectivity index (χ0n) is 26.8. The van der Waals surface area contributed by atoms with Gasteiger partial charge in [-0.15, -0.1) is 0 Å². The van der Waals surface area contributed by atoms with E-state index in [1.54, 1.807) is 0 Å². The van der Waals surface area contributed by atoms with E-state index in [-0.39, 0.29) is 43.6 Å². The van der Waals surface area contributed by atoms with Crippen LogP contribution in [-0.4, -0.2) is 78.4 Å². The number of aliphatic hydroxyl groups is 1. The maximum absolute atomic E-state index is 13.6. The second-order valence-electron chi connectivity index (χ2n) is 12.7. The fraction of sp³-hybridized carbons (Fsp3) is 0.677. The maximum Gasteiger partial charge on any atom is 0.343 e. The fourth-order valence-corrected chi connectivity index (χ4v) is 5.07. The monoisotopic (exact) mass is 616 g/mol. The van der Waals surface area contributed by atoms with Gasteiger partial charge in [0.25, 0.3) is 0 Å². The third-order valence-corrected chi connectivity index (χ3v) is 7.34. The molecule has 0 aliphatic carbocycles. The largest absolute Gasteiger partial charge is 0.467 e. The molecule has 0 spiro atoms. The van der Waals surface area contributed by atoms with Gasteiger partial charge in [-0.2, -0.15) is 0 Å². The number of ether oxygens (including phenoxy) is 2. The molecule has 0 bridgehead atoms. The first-order valence-electron chi connectivity index (χ1n) is 15.1. The number of methoxy groups -OCH3 is 1. The molecule has 1 heterocycles. The van der Waals surface area contributed by atoms with Gasteiger partial charge < -0.3 is 30.5 Å². The predicted molar refractivity (Wildman–Crippen MR) is 164 cm³/mol. The number of hydrogen-bond donors (Lipinski definition) is 4. The van der Waals surface area contributed by atoms with Crippen LogP contribution in [0.25, 0.3) is 10.4 Å². The quantitative estimate of drug-likeness (QED) is 0.0639. The second kappa shape index (κ2) is 17.0. The van der Waals surface area contributed by atoms with Crippen LogP contribution in [0, 0.1) is 17.8 Å². The molecule has 1 aromatic rings. The van der Waals surface area contributed by atoms with E-state index in [1.807, 2.05) is 71.9 Å². The molecule has 44 heavy (non-hydrogen) atoms. The molecule has 4 N–H and O–H groups in total. The van der Waals surface area contributed by atoms with Crippen molar-refractivity contribution in [1.82, 2.24) is 16.0 Å². The Morgan fingerprint density at radius 1 is 0.909 bits per heavy atom. The number of hydrogen-bond acceptors (Lipinski definition) is 8. The molecule has 3 amide bonds. The van der Waals surface area contributed by atoms with Crippen LogP contribution in [-0.2, 0) is 35.1 Å². The Hall–Kier alpha value is -3.67. The Labute approximate surface area is 259 Å². The summed E-state index contributed by atoms with van der Waals surface area (Å²) in [5.41, 5.74) is 8.33. The number of benzene rings is 1. The molecule has 0 unspecified atom stereocenters. The van der Waals surface area contributed by atoms with Crippen LogP contribution < -0.4 is 16.0 Å². The Balaban J connectivity index is 2.24. The van der Waals surface area contributed by atoms with Crippen molar-refractivity contribution in [3.05, 3.63) is 46.3 Å². The smallest absolute Gasteiger partial charge is 0.343 e. The first kappa shape index (κ1) is 36.5. The number of nitrogens with one attached hydrogen (secondary N) is 3. The lowest BCUT2D eigenvalue weighted by Crippen LogP contribution is -2.59. The van der Waals surface area contributed by atoms with E-state index in [9.17, 15) is 24.3 Å². The number of azide groups is 1. The summed E-state index contributed by atoms with van der Waals surface area (Å²) in [6.45, 7) is 11.4. The number of amides is 3. The molecular formula is C31H48N6O7. The highest BCUT2D eigenvalue weighted by molar-refractivity contribution is 5.93. The van der Waals surface area contributed by atoms with Crippen molar-refractivity contribution in [3.63, 3.8) is 0 Å². The summed E-state index contributed by atoms with van der Waals surface area (Å²) in [6, 6.07) is 5.15. The number of epoxide rings is 1. The minimum absolute atomic E-state index is 0.00561. The lowest BCUT2D eigenvalue weighted by atomic mass is 9.90. The van der Waals surface area contributed by atoms with Gasteiger partial charge in [0.2, 0.25) is 23.3 Å². The highest BCUT2D eigenvalue weighted by Crippen LogP contribution is 2.35. The summed E-state index contributed by atoms with van der Waals surface area (Å²) in [5, 5.41) is 23.1. The standard InChI is InChI=1S/C31H48N6O7/c1-18(2)13-22(26(38)31(17-44-31)30(42)43-7)33-27(39)23(14-19(3)4)34-28(40)24(15-20(5)6)35-29(41)25(36-37-32)16-21-11-9-8-10-12-21/h8-12,18-20,22-26,38H,13-17H2,1-7H3,(H,33,39)(H,34,40)(H,35,41)/t22-,23+,24+,25+,26+,31+/m1/s1. The molecule has 0 radical (unpaired) electrons. The van der Waals surface area contributed by atoms with Gasteiger partial charge in [0.15, 0.2) is 0 Å². The van der Waals surface area contributed by atoms with Gasteiger partial charge >= 0.3 is 5.97 Å². The van der Waals surface area contributed by atoms with Gasteiger partial charge in [-0.3, -0.25) is 14.4 Å². The first-order chi connectivity index (χ1) is 20.7. The third kappa shape index (κ3) is 10.8. The van der Waals surface area contributed by atoms with Crippen LogP contribution in [0.15, 0.2) is 35.4 Å². The van der Waals surface area contributed by atoms with Crippen LogP contribution >= 0.6 is 0 Å². The highest BCUT2D eigenvalue weighted by atomic mass is 16.7. The molecule has 0 aromatic heterocycles. The average Bonchev–Trinajstić information content (AvgIpc) is 3.77. The van der Waals surface area contributed by atoms with Gasteiger partial charge in [0, 0.05) is 4.91 Å². The van der Waals surface area contributed by atoms with E-state index in [2.05, 4.69) is 26.0 Å². The van der Waals surface area contributed by atoms with Crippen LogP contribution in [0.3, 0.4) is 0 Å². The predicted octanol–water partition coefficient (Wildman–Crippen LogP) is 2.80. The zero-order chi connectivity index (χ0) is 33.0. The van der Waals surface area contributed by atoms with Crippen molar-refractivity contribution in [2.45, 2.75) is 103 Å². The van der Waals surface area contributed by atoms with E-state index >= 15 is 0 Å². The van der Waals surface area contributed by atoms with Gasteiger partial charge in [0.1, 0.15) is 24.2 Å². The number of rotatable bonds is 18. The van der Waals surface area contributed by atoms with E-state index in [4.69, 9.17) is 15.0 Å². The molecule has 1 aliphatic heterocycles. The molecule has 1 saturated heterocycles. The van der Waals surface area contributed by atoms with Crippen LogP contribution in [0.1, 0.15) is 66.4 Å². The highest BCUT2D eigenvalue weighted by Gasteiger charge is 2.61. The number of esters is 1. The molecule has 1 aliphatic rings. The average molecular weight is 617 g/mol. The van der Waals surface area contributed by atoms with E-state index in [0.717, 1.165) is 5.56 Å². The number of nitrogens with zero attached hydrogens (tertiary/aromatic N) is 3. The lowest BCUT2D eigenvalue weighted by molar-refractivity contribution is -0.153. The SMILES string of the molecule is COC(=O)[C@@]1([C@@H](O)[C@@H](CC(C)C)NC(=O)[C@H](CC(C)C)NC(=O)[C@H](CC(C)C)NC(=O)[C@H](Cc2ccccc2)N=[N+]=[N-])CO1. The van der Waals surface area contributed by atoms with Crippen LogP contribution in [0.2, 0.25) is 0 Å². The minimum atomic E-state index is -1.55.